The molecule has 0 spiro atoms. The van der Waals surface area contributed by atoms with Crippen molar-refractivity contribution in [1.29, 1.82) is 0 Å². The average molecular weight is 617 g/mol. The second-order valence-corrected chi connectivity index (χ2v) is 17.1. The van der Waals surface area contributed by atoms with E-state index in [0.717, 1.165) is 89.2 Å². The first-order valence-electron chi connectivity index (χ1n) is 17.2. The molecular weight excluding hydrogens is 563 g/mol. The van der Waals surface area contributed by atoms with Gasteiger partial charge in [-0.05, 0) is 99.9 Å². The third kappa shape index (κ3) is 5.94. The van der Waals surface area contributed by atoms with Gasteiger partial charge in [0.2, 0.25) is 10.0 Å². The van der Waals surface area contributed by atoms with Crippen molar-refractivity contribution in [2.45, 2.75) is 128 Å². The molecule has 240 valence electrons. The number of hydrogen-bond acceptors (Lipinski definition) is 5. The van der Waals surface area contributed by atoms with E-state index in [4.69, 9.17) is 4.74 Å². The van der Waals surface area contributed by atoms with Crippen LogP contribution in [0, 0.1) is 28.5 Å². The third-order valence-electron chi connectivity index (χ3n) is 12.7. The van der Waals surface area contributed by atoms with Crippen LogP contribution in [0.15, 0.2) is 24.3 Å². The van der Waals surface area contributed by atoms with E-state index >= 15 is 0 Å². The summed E-state index contributed by atoms with van der Waals surface area (Å²) in [5, 5.41) is 0. The summed E-state index contributed by atoms with van der Waals surface area (Å²) in [6.45, 7) is 5.91. The van der Waals surface area contributed by atoms with Gasteiger partial charge in [0.05, 0.1) is 11.7 Å². The molecule has 0 aromatic heterocycles. The van der Waals surface area contributed by atoms with E-state index in [1.54, 1.807) is 12.1 Å². The van der Waals surface area contributed by atoms with Gasteiger partial charge in [0.25, 0.3) is 0 Å². The van der Waals surface area contributed by atoms with Gasteiger partial charge in [0.15, 0.2) is 0 Å². The molecule has 5 atom stereocenters. The van der Waals surface area contributed by atoms with Crippen LogP contribution in [0.1, 0.15) is 115 Å². The van der Waals surface area contributed by atoms with Crippen LogP contribution >= 0.6 is 0 Å². The highest BCUT2D eigenvalue weighted by Crippen LogP contribution is 2.67. The molecule has 1 aromatic rings. The van der Waals surface area contributed by atoms with E-state index in [-0.39, 0.29) is 46.9 Å². The van der Waals surface area contributed by atoms with Crippen LogP contribution in [0.4, 0.5) is 4.39 Å². The Morgan fingerprint density at radius 3 is 2.14 bits per heavy atom. The Bertz CT molecular complexity index is 1220. The second-order valence-electron chi connectivity index (χ2n) is 15.3. The molecule has 0 amide bonds. The Labute approximate surface area is 259 Å². The molecule has 0 unspecified atom stereocenters. The normalized spacial score (nSPS) is 34.1. The quantitative estimate of drug-likeness (QED) is 0.298. The molecule has 6 nitrogen and oxygen atoms in total. The number of hydrogen-bond donors (Lipinski definition) is 0. The fraction of sp³-hybridized carbons (Fsp3) is 0.800. The maximum atomic E-state index is 14.7. The van der Waals surface area contributed by atoms with Crippen LogP contribution in [-0.4, -0.2) is 67.7 Å². The highest BCUT2D eigenvalue weighted by molar-refractivity contribution is 7.89. The zero-order chi connectivity index (χ0) is 30.4. The molecule has 4 aliphatic carbocycles. The van der Waals surface area contributed by atoms with Crippen LogP contribution < -0.4 is 0 Å². The lowest BCUT2D eigenvalue weighted by atomic mass is 9.69. The summed E-state index contributed by atoms with van der Waals surface area (Å²) in [5.74, 6) is -0.466. The van der Waals surface area contributed by atoms with E-state index in [2.05, 4.69) is 18.7 Å². The zero-order valence-corrected chi connectivity index (χ0v) is 27.4. The van der Waals surface area contributed by atoms with Gasteiger partial charge in [-0.15, -0.1) is 0 Å². The Hall–Kier alpha value is -1.51. The molecule has 0 N–H and O–H groups in total. The first-order valence-corrected chi connectivity index (χ1v) is 18.8. The Kier molecular flexibility index (Phi) is 9.04. The van der Waals surface area contributed by atoms with Crippen molar-refractivity contribution >= 4 is 16.0 Å². The smallest absolute Gasteiger partial charge is 0.311 e. The van der Waals surface area contributed by atoms with E-state index < -0.39 is 21.5 Å². The van der Waals surface area contributed by atoms with Crippen molar-refractivity contribution in [3.63, 3.8) is 0 Å². The standard InChI is InChI=1S/C35H53FN2O4S/c1-34(2)26-18-20-35(34,24-43(40,41)38(28-10-6-4-7-11-28)29-12-8-5-9-13-29)32(22-26)42-33(39)31-23-37(3)21-19-30(31)25-14-16-27(36)17-15-25/h14-17,26,28-32H,4-13,18-24H2,1-3H3/t26-,30+,31-,32-,35+/m1/s1. The van der Waals surface area contributed by atoms with Crippen LogP contribution in [-0.2, 0) is 19.6 Å². The molecule has 1 aliphatic heterocycles. The number of piperidine rings is 1. The summed E-state index contributed by atoms with van der Waals surface area (Å²) < 4.78 is 51.8. The van der Waals surface area contributed by atoms with Gasteiger partial charge in [-0.1, -0.05) is 64.5 Å². The first kappa shape index (κ1) is 31.5. The van der Waals surface area contributed by atoms with Crippen molar-refractivity contribution in [2.75, 3.05) is 25.9 Å². The number of esters is 1. The minimum Gasteiger partial charge on any atom is -0.461 e. The molecule has 0 radical (unpaired) electrons. The lowest BCUT2D eigenvalue weighted by molar-refractivity contribution is -0.164. The molecule has 2 bridgehead atoms. The van der Waals surface area contributed by atoms with E-state index in [1.165, 1.54) is 25.0 Å². The second kappa shape index (κ2) is 12.4. The van der Waals surface area contributed by atoms with Gasteiger partial charge in [0, 0.05) is 24.0 Å². The summed E-state index contributed by atoms with van der Waals surface area (Å²) in [7, 11) is -1.55. The maximum Gasteiger partial charge on any atom is 0.311 e. The summed E-state index contributed by atoms with van der Waals surface area (Å²) in [6.07, 6.45) is 13.6. The fourth-order valence-electron chi connectivity index (χ4n) is 10.0. The molecular formula is C35H53FN2O4S. The molecule has 8 heteroatoms. The van der Waals surface area contributed by atoms with Crippen LogP contribution in [0.3, 0.4) is 0 Å². The summed E-state index contributed by atoms with van der Waals surface area (Å²) >= 11 is 0. The lowest BCUT2D eigenvalue weighted by Gasteiger charge is -2.46. The lowest BCUT2D eigenvalue weighted by Crippen LogP contribution is -2.55. The predicted octanol–water partition coefficient (Wildman–Crippen LogP) is 6.90. The number of nitrogens with zero attached hydrogens (tertiary/aromatic N) is 2. The topological polar surface area (TPSA) is 66.9 Å². The van der Waals surface area contributed by atoms with Gasteiger partial charge in [-0.25, -0.2) is 12.8 Å². The van der Waals surface area contributed by atoms with Crippen molar-refractivity contribution < 1.29 is 22.3 Å². The van der Waals surface area contributed by atoms with Crippen LogP contribution in [0.5, 0.6) is 0 Å². The van der Waals surface area contributed by atoms with E-state index in [9.17, 15) is 17.6 Å². The number of carbonyl (C=O) groups excluding carboxylic acids is 1. The average Bonchev–Trinajstić information content (AvgIpc) is 3.33. The Morgan fingerprint density at radius 2 is 1.56 bits per heavy atom. The molecule has 1 heterocycles. The Morgan fingerprint density at radius 1 is 0.953 bits per heavy atom. The van der Waals surface area contributed by atoms with Crippen molar-refractivity contribution in [2.24, 2.45) is 22.7 Å². The number of benzene rings is 1. The van der Waals surface area contributed by atoms with Gasteiger partial charge in [-0.2, -0.15) is 4.31 Å². The number of likely N-dealkylation sites (tertiary alicyclic amines) is 1. The van der Waals surface area contributed by atoms with Gasteiger partial charge < -0.3 is 9.64 Å². The number of rotatable bonds is 8. The van der Waals surface area contributed by atoms with E-state index in [1.807, 2.05) is 11.4 Å². The Balaban J connectivity index is 1.27. The molecule has 6 rings (SSSR count). The SMILES string of the molecule is CN1CC[C@@H](c2ccc(F)cc2)[C@H](C(=O)O[C@@H]2C[C@H]3CC[C@@]2(CS(=O)(=O)N(C2CCCCC2)C2CCCCC2)C3(C)C)C1. The molecule has 43 heavy (non-hydrogen) atoms. The van der Waals surface area contributed by atoms with Gasteiger partial charge >= 0.3 is 5.97 Å². The fourth-order valence-corrected chi connectivity index (χ4v) is 12.9. The minimum absolute atomic E-state index is 0.0383. The minimum atomic E-state index is -3.58. The number of sulfonamides is 1. The number of carbonyl (C=O) groups is 1. The molecule has 5 aliphatic rings. The highest BCUT2D eigenvalue weighted by Gasteiger charge is 2.67. The molecule has 4 saturated carbocycles. The van der Waals surface area contributed by atoms with Crippen molar-refractivity contribution in [3.8, 4) is 0 Å². The van der Waals surface area contributed by atoms with Crippen molar-refractivity contribution in [1.82, 2.24) is 9.21 Å². The highest BCUT2D eigenvalue weighted by atomic mass is 32.2. The molecule has 5 fully saturated rings. The number of ether oxygens (including phenoxy) is 1. The monoisotopic (exact) mass is 616 g/mol. The van der Waals surface area contributed by atoms with Gasteiger partial charge in [-0.3, -0.25) is 4.79 Å². The predicted molar refractivity (Wildman–Crippen MR) is 168 cm³/mol. The molecule has 1 saturated heterocycles. The summed E-state index contributed by atoms with van der Waals surface area (Å²) in [4.78, 5) is 16.3. The van der Waals surface area contributed by atoms with Gasteiger partial charge in [0.1, 0.15) is 11.9 Å². The summed E-state index contributed by atoms with van der Waals surface area (Å²) in [6, 6.07) is 6.75. The van der Waals surface area contributed by atoms with Crippen LogP contribution in [0.25, 0.3) is 0 Å². The third-order valence-corrected chi connectivity index (χ3v) is 14.8. The number of halogens is 1. The number of fused-ring (bicyclic) bond motifs is 2. The van der Waals surface area contributed by atoms with E-state index in [0.29, 0.717) is 12.5 Å². The zero-order valence-electron chi connectivity index (χ0n) is 26.6. The maximum absolute atomic E-state index is 14.7. The molecule has 1 aromatic carbocycles. The van der Waals surface area contributed by atoms with Crippen molar-refractivity contribution in [3.05, 3.63) is 35.6 Å². The summed E-state index contributed by atoms with van der Waals surface area (Å²) in [5.41, 5.74) is 0.160. The largest absolute Gasteiger partial charge is 0.461 e. The van der Waals surface area contributed by atoms with Crippen LogP contribution in [0.2, 0.25) is 0 Å². The first-order chi connectivity index (χ1) is 20.5.